The van der Waals surface area contributed by atoms with Crippen molar-refractivity contribution >= 4 is 16.8 Å². The average molecular weight is 262 g/mol. The number of ether oxygens (including phenoxy) is 1. The molecule has 1 aromatic carbocycles. The van der Waals surface area contributed by atoms with Crippen LogP contribution in [-0.4, -0.2) is 30.1 Å². The lowest BCUT2D eigenvalue weighted by molar-refractivity contribution is 0.0859. The van der Waals surface area contributed by atoms with Crippen molar-refractivity contribution in [3.8, 4) is 0 Å². The minimum absolute atomic E-state index is 0.117. The smallest absolute Gasteiger partial charge is 0.253 e. The summed E-state index contributed by atoms with van der Waals surface area (Å²) < 4.78 is 18.5. The van der Waals surface area contributed by atoms with E-state index in [1.54, 1.807) is 12.3 Å². The molecule has 1 aliphatic rings. The number of carbonyl (C=O) groups excluding carboxylic acids is 1. The predicted molar refractivity (Wildman–Crippen MR) is 69.6 cm³/mol. The van der Waals surface area contributed by atoms with Crippen LogP contribution in [0.4, 0.5) is 4.39 Å². The van der Waals surface area contributed by atoms with Crippen molar-refractivity contribution in [2.24, 2.45) is 0 Å². The summed E-state index contributed by atoms with van der Waals surface area (Å²) in [5.74, 6) is -0.478. The quantitative estimate of drug-likeness (QED) is 0.891. The summed E-state index contributed by atoms with van der Waals surface area (Å²) in [4.78, 5) is 15.0. The van der Waals surface area contributed by atoms with Crippen LogP contribution in [0.25, 0.3) is 10.9 Å². The topological polar surface area (TPSA) is 54.1 Å². The molecule has 0 bridgehead atoms. The molecule has 2 heterocycles. The highest BCUT2D eigenvalue weighted by Gasteiger charge is 2.18. The molecule has 5 heteroatoms. The van der Waals surface area contributed by atoms with Gasteiger partial charge in [0.2, 0.25) is 0 Å². The first-order valence-corrected chi connectivity index (χ1v) is 6.40. The van der Waals surface area contributed by atoms with Crippen molar-refractivity contribution in [2.45, 2.75) is 18.9 Å². The fourth-order valence-corrected chi connectivity index (χ4v) is 2.39. The summed E-state index contributed by atoms with van der Waals surface area (Å²) in [7, 11) is 0. The minimum Gasteiger partial charge on any atom is -0.376 e. The summed E-state index contributed by atoms with van der Waals surface area (Å²) in [5.41, 5.74) is 1.16. The molecule has 2 N–H and O–H groups in total. The number of hydrogen-bond donors (Lipinski definition) is 2. The number of amides is 1. The van der Waals surface area contributed by atoms with Gasteiger partial charge < -0.3 is 15.0 Å². The second-order valence-corrected chi connectivity index (χ2v) is 4.74. The molecule has 1 saturated heterocycles. The largest absolute Gasteiger partial charge is 0.376 e. The van der Waals surface area contributed by atoms with E-state index in [0.717, 1.165) is 24.8 Å². The van der Waals surface area contributed by atoms with Gasteiger partial charge in [-0.05, 0) is 31.0 Å². The van der Waals surface area contributed by atoms with Crippen LogP contribution < -0.4 is 5.32 Å². The van der Waals surface area contributed by atoms with Crippen LogP contribution in [0.3, 0.4) is 0 Å². The van der Waals surface area contributed by atoms with E-state index in [0.29, 0.717) is 17.6 Å². The third kappa shape index (κ3) is 2.46. The Morgan fingerprint density at radius 1 is 1.53 bits per heavy atom. The van der Waals surface area contributed by atoms with Crippen LogP contribution in [0.1, 0.15) is 23.2 Å². The standard InChI is InChI=1S/C14H15FN2O2/c15-9-3-4-11-12(8-16-13(11)6-9)14(18)17-7-10-2-1-5-19-10/h3-4,6,8,10,16H,1-2,5,7H2,(H,17,18). The summed E-state index contributed by atoms with van der Waals surface area (Å²) in [5, 5.41) is 3.58. The molecule has 0 saturated carbocycles. The number of aromatic amines is 1. The molecule has 1 aliphatic heterocycles. The van der Waals surface area contributed by atoms with E-state index in [9.17, 15) is 9.18 Å². The average Bonchev–Trinajstić information content (AvgIpc) is 3.04. The summed E-state index contributed by atoms with van der Waals surface area (Å²) in [6, 6.07) is 4.35. The van der Waals surface area contributed by atoms with Gasteiger partial charge in [0, 0.05) is 30.3 Å². The normalized spacial score (nSPS) is 18.9. The van der Waals surface area contributed by atoms with E-state index >= 15 is 0 Å². The second-order valence-electron chi connectivity index (χ2n) is 4.74. The molecular weight excluding hydrogens is 247 g/mol. The third-order valence-corrected chi connectivity index (χ3v) is 3.40. The van der Waals surface area contributed by atoms with Crippen LogP contribution in [0.15, 0.2) is 24.4 Å². The lowest BCUT2D eigenvalue weighted by Gasteiger charge is -2.10. The summed E-state index contributed by atoms with van der Waals surface area (Å²) in [6.07, 6.45) is 3.76. The Morgan fingerprint density at radius 2 is 2.42 bits per heavy atom. The molecule has 4 nitrogen and oxygen atoms in total. The van der Waals surface area contributed by atoms with Crippen LogP contribution in [0.2, 0.25) is 0 Å². The molecule has 1 unspecified atom stereocenters. The maximum atomic E-state index is 13.1. The molecule has 3 rings (SSSR count). The van der Waals surface area contributed by atoms with E-state index in [4.69, 9.17) is 4.74 Å². The Morgan fingerprint density at radius 3 is 3.21 bits per heavy atom. The van der Waals surface area contributed by atoms with Gasteiger partial charge in [-0.15, -0.1) is 0 Å². The fraction of sp³-hybridized carbons (Fsp3) is 0.357. The van der Waals surface area contributed by atoms with Gasteiger partial charge in [-0.25, -0.2) is 4.39 Å². The zero-order valence-electron chi connectivity index (χ0n) is 10.4. The van der Waals surface area contributed by atoms with Crippen molar-refractivity contribution in [3.05, 3.63) is 35.8 Å². The second kappa shape index (κ2) is 5.01. The lowest BCUT2D eigenvalue weighted by atomic mass is 10.1. The van der Waals surface area contributed by atoms with Gasteiger partial charge in [0.15, 0.2) is 0 Å². The molecule has 2 aromatic rings. The van der Waals surface area contributed by atoms with E-state index in [-0.39, 0.29) is 17.8 Å². The number of H-pyrrole nitrogens is 1. The first-order chi connectivity index (χ1) is 9.24. The number of carbonyl (C=O) groups is 1. The van der Waals surface area contributed by atoms with E-state index in [1.807, 2.05) is 0 Å². The summed E-state index contributed by atoms with van der Waals surface area (Å²) >= 11 is 0. The molecule has 1 amide bonds. The molecule has 1 fully saturated rings. The number of fused-ring (bicyclic) bond motifs is 1. The Balaban J connectivity index is 1.74. The zero-order valence-corrected chi connectivity index (χ0v) is 10.4. The number of nitrogens with one attached hydrogen (secondary N) is 2. The highest BCUT2D eigenvalue weighted by Crippen LogP contribution is 2.19. The molecule has 0 radical (unpaired) electrons. The first-order valence-electron chi connectivity index (χ1n) is 6.40. The third-order valence-electron chi connectivity index (χ3n) is 3.40. The monoisotopic (exact) mass is 262 g/mol. The maximum absolute atomic E-state index is 13.1. The van der Waals surface area contributed by atoms with Crippen LogP contribution >= 0.6 is 0 Å². The molecule has 1 atom stereocenters. The molecular formula is C14H15FN2O2. The minimum atomic E-state index is -0.319. The molecule has 0 aliphatic carbocycles. The Labute approximate surface area is 109 Å². The van der Waals surface area contributed by atoms with Gasteiger partial charge in [0.05, 0.1) is 11.7 Å². The molecule has 100 valence electrons. The highest BCUT2D eigenvalue weighted by molar-refractivity contribution is 6.06. The first kappa shape index (κ1) is 12.2. The predicted octanol–water partition coefficient (Wildman–Crippen LogP) is 2.22. The van der Waals surface area contributed by atoms with Gasteiger partial charge in [0.25, 0.3) is 5.91 Å². The van der Waals surface area contributed by atoms with E-state index in [2.05, 4.69) is 10.3 Å². The van der Waals surface area contributed by atoms with Crippen molar-refractivity contribution in [3.63, 3.8) is 0 Å². The van der Waals surface area contributed by atoms with Crippen molar-refractivity contribution < 1.29 is 13.9 Å². The van der Waals surface area contributed by atoms with Gasteiger partial charge in [-0.1, -0.05) is 0 Å². The van der Waals surface area contributed by atoms with E-state index in [1.165, 1.54) is 12.1 Å². The number of benzene rings is 1. The molecule has 1 aromatic heterocycles. The van der Waals surface area contributed by atoms with E-state index < -0.39 is 0 Å². The van der Waals surface area contributed by atoms with Crippen LogP contribution in [0, 0.1) is 5.82 Å². The van der Waals surface area contributed by atoms with Gasteiger partial charge in [-0.3, -0.25) is 4.79 Å². The number of hydrogen-bond acceptors (Lipinski definition) is 2. The van der Waals surface area contributed by atoms with Gasteiger partial charge >= 0.3 is 0 Å². The Hall–Kier alpha value is -1.88. The molecule has 19 heavy (non-hydrogen) atoms. The van der Waals surface area contributed by atoms with Crippen molar-refractivity contribution in [2.75, 3.05) is 13.2 Å². The lowest BCUT2D eigenvalue weighted by Crippen LogP contribution is -2.31. The van der Waals surface area contributed by atoms with Gasteiger partial charge in [0.1, 0.15) is 5.82 Å². The van der Waals surface area contributed by atoms with Crippen molar-refractivity contribution in [1.29, 1.82) is 0 Å². The number of rotatable bonds is 3. The number of aromatic nitrogens is 1. The van der Waals surface area contributed by atoms with Gasteiger partial charge in [-0.2, -0.15) is 0 Å². The Bertz CT molecular complexity index is 603. The van der Waals surface area contributed by atoms with Crippen LogP contribution in [-0.2, 0) is 4.74 Å². The Kier molecular flexibility index (Phi) is 3.21. The number of halogens is 1. The van der Waals surface area contributed by atoms with Crippen molar-refractivity contribution in [1.82, 2.24) is 10.3 Å². The zero-order chi connectivity index (χ0) is 13.2. The van der Waals surface area contributed by atoms with Crippen LogP contribution in [0.5, 0.6) is 0 Å². The summed E-state index contributed by atoms with van der Waals surface area (Å²) in [6.45, 7) is 1.29. The fourth-order valence-electron chi connectivity index (χ4n) is 2.39. The molecule has 0 spiro atoms. The SMILES string of the molecule is O=C(NCC1CCCO1)c1c[nH]c2cc(F)ccc12. The highest BCUT2D eigenvalue weighted by atomic mass is 19.1. The maximum Gasteiger partial charge on any atom is 0.253 e.